The van der Waals surface area contributed by atoms with E-state index in [4.69, 9.17) is 14.2 Å². The van der Waals surface area contributed by atoms with Crippen LogP contribution in [0.5, 0.6) is 17.2 Å². The van der Waals surface area contributed by atoms with Crippen LogP contribution < -0.4 is 14.2 Å². The molecule has 1 aliphatic heterocycles. The lowest BCUT2D eigenvalue weighted by Gasteiger charge is -2.37. The van der Waals surface area contributed by atoms with Crippen molar-refractivity contribution in [1.29, 1.82) is 0 Å². The molecule has 0 fully saturated rings. The number of carbonyl (C=O) groups excluding carboxylic acids is 1. The molecule has 0 bridgehead atoms. The van der Waals surface area contributed by atoms with Crippen LogP contribution in [-0.4, -0.2) is 43.1 Å². The van der Waals surface area contributed by atoms with E-state index in [1.807, 2.05) is 34.5 Å². The number of ether oxygens (including phenoxy) is 3. The van der Waals surface area contributed by atoms with Crippen molar-refractivity contribution in [3.8, 4) is 17.2 Å². The quantitative estimate of drug-likeness (QED) is 0.359. The molecular formula is C24H24N2O6S. The van der Waals surface area contributed by atoms with Crippen molar-refractivity contribution in [3.63, 3.8) is 0 Å². The van der Waals surface area contributed by atoms with Crippen molar-refractivity contribution in [1.82, 2.24) is 4.90 Å². The van der Waals surface area contributed by atoms with Crippen molar-refractivity contribution in [2.45, 2.75) is 18.9 Å². The lowest BCUT2D eigenvalue weighted by atomic mass is 9.91. The van der Waals surface area contributed by atoms with Gasteiger partial charge in [-0.2, -0.15) is 0 Å². The van der Waals surface area contributed by atoms with Gasteiger partial charge in [0, 0.05) is 23.6 Å². The summed E-state index contributed by atoms with van der Waals surface area (Å²) in [6.07, 6.45) is 1.02. The third kappa shape index (κ3) is 4.93. The third-order valence-corrected chi connectivity index (χ3v) is 6.56. The average Bonchev–Trinajstić information content (AvgIpc) is 3.34. The van der Waals surface area contributed by atoms with Crippen molar-refractivity contribution in [2.75, 3.05) is 27.4 Å². The van der Waals surface area contributed by atoms with E-state index in [9.17, 15) is 14.9 Å². The number of fused-ring (bicyclic) bond motifs is 1. The highest BCUT2D eigenvalue weighted by atomic mass is 32.1. The van der Waals surface area contributed by atoms with Crippen molar-refractivity contribution >= 4 is 22.9 Å². The molecule has 33 heavy (non-hydrogen) atoms. The SMILES string of the molecule is COc1cc2c(cc1OC)C(COc1ccc([N+](=O)[O-])cc1)N(C(=O)Cc1cccs1)CC2. The first-order valence-electron chi connectivity index (χ1n) is 10.4. The molecule has 2 aromatic carbocycles. The molecule has 9 heteroatoms. The summed E-state index contributed by atoms with van der Waals surface area (Å²) >= 11 is 1.56. The molecule has 172 valence electrons. The summed E-state index contributed by atoms with van der Waals surface area (Å²) < 4.78 is 16.9. The van der Waals surface area contributed by atoms with Gasteiger partial charge in [-0.3, -0.25) is 14.9 Å². The predicted molar refractivity (Wildman–Crippen MR) is 124 cm³/mol. The van der Waals surface area contributed by atoms with Crippen LogP contribution in [-0.2, 0) is 17.6 Å². The summed E-state index contributed by atoms with van der Waals surface area (Å²) in [5, 5.41) is 12.9. The number of nitrogens with zero attached hydrogens (tertiary/aromatic N) is 2. The summed E-state index contributed by atoms with van der Waals surface area (Å²) in [5.41, 5.74) is 2.01. The van der Waals surface area contributed by atoms with Crippen LogP contribution in [0.2, 0.25) is 0 Å². The molecule has 1 unspecified atom stereocenters. The van der Waals surface area contributed by atoms with E-state index in [1.165, 1.54) is 12.1 Å². The van der Waals surface area contributed by atoms with Gasteiger partial charge in [0.05, 0.1) is 31.6 Å². The maximum absolute atomic E-state index is 13.2. The number of carbonyl (C=O) groups is 1. The number of benzene rings is 2. The smallest absolute Gasteiger partial charge is 0.269 e. The van der Waals surface area contributed by atoms with Crippen LogP contribution in [0.15, 0.2) is 53.9 Å². The monoisotopic (exact) mass is 468 g/mol. The Bertz CT molecular complexity index is 1130. The third-order valence-electron chi connectivity index (χ3n) is 5.68. The van der Waals surface area contributed by atoms with Crippen LogP contribution in [0.3, 0.4) is 0 Å². The lowest BCUT2D eigenvalue weighted by Crippen LogP contribution is -2.43. The van der Waals surface area contributed by atoms with Crippen LogP contribution in [0.4, 0.5) is 5.69 Å². The average molecular weight is 469 g/mol. The van der Waals surface area contributed by atoms with Crippen LogP contribution >= 0.6 is 11.3 Å². The standard InChI is InChI=1S/C24H24N2O6S/c1-30-22-12-16-9-10-25(24(27)13-19-4-3-11-33-19)21(20(16)14-23(22)31-2)15-32-18-7-5-17(6-8-18)26(28)29/h3-8,11-12,14,21H,9-10,13,15H2,1-2H3. The summed E-state index contributed by atoms with van der Waals surface area (Å²) in [5.74, 6) is 1.75. The van der Waals surface area contributed by atoms with Gasteiger partial charge in [0.2, 0.25) is 5.91 Å². The molecule has 4 rings (SSSR count). The summed E-state index contributed by atoms with van der Waals surface area (Å²) in [4.78, 5) is 26.6. The Balaban J connectivity index is 1.62. The molecule has 0 spiro atoms. The highest BCUT2D eigenvalue weighted by molar-refractivity contribution is 7.10. The Morgan fingerprint density at radius 2 is 1.88 bits per heavy atom. The first-order chi connectivity index (χ1) is 16.0. The maximum atomic E-state index is 13.2. The van der Waals surface area contributed by atoms with Crippen molar-refractivity contribution in [3.05, 3.63) is 80.0 Å². The van der Waals surface area contributed by atoms with Crippen LogP contribution in [0.1, 0.15) is 22.0 Å². The molecule has 8 nitrogen and oxygen atoms in total. The maximum Gasteiger partial charge on any atom is 0.269 e. The van der Waals surface area contributed by atoms with E-state index < -0.39 is 4.92 Å². The topological polar surface area (TPSA) is 91.1 Å². The highest BCUT2D eigenvalue weighted by Crippen LogP contribution is 2.38. The zero-order valence-electron chi connectivity index (χ0n) is 18.4. The van der Waals surface area contributed by atoms with E-state index in [0.29, 0.717) is 36.6 Å². The summed E-state index contributed by atoms with van der Waals surface area (Å²) in [6, 6.07) is 13.3. The molecule has 0 saturated carbocycles. The second kappa shape index (κ2) is 9.91. The Kier molecular flexibility index (Phi) is 6.79. The Morgan fingerprint density at radius 3 is 2.52 bits per heavy atom. The number of hydrogen-bond acceptors (Lipinski definition) is 7. The minimum Gasteiger partial charge on any atom is -0.493 e. The predicted octanol–water partition coefficient (Wildman–Crippen LogP) is 4.42. The molecule has 0 aliphatic carbocycles. The van der Waals surface area contributed by atoms with Gasteiger partial charge >= 0.3 is 0 Å². The minimum absolute atomic E-state index is 0.00468. The van der Waals surface area contributed by atoms with Gasteiger partial charge in [-0.05, 0) is 53.3 Å². The van der Waals surface area contributed by atoms with E-state index in [2.05, 4.69) is 0 Å². The van der Waals surface area contributed by atoms with E-state index in [1.54, 1.807) is 37.7 Å². The van der Waals surface area contributed by atoms with Gasteiger partial charge in [-0.1, -0.05) is 6.07 Å². The molecule has 0 saturated heterocycles. The van der Waals surface area contributed by atoms with Gasteiger partial charge < -0.3 is 19.1 Å². The fourth-order valence-electron chi connectivity index (χ4n) is 4.01. The van der Waals surface area contributed by atoms with Gasteiger partial charge in [0.15, 0.2) is 11.5 Å². The Morgan fingerprint density at radius 1 is 1.15 bits per heavy atom. The summed E-state index contributed by atoms with van der Waals surface area (Å²) in [7, 11) is 3.17. The van der Waals surface area contributed by atoms with E-state index in [0.717, 1.165) is 16.0 Å². The second-order valence-electron chi connectivity index (χ2n) is 7.58. The van der Waals surface area contributed by atoms with Crippen LogP contribution in [0.25, 0.3) is 0 Å². The molecule has 2 heterocycles. The summed E-state index contributed by atoms with van der Waals surface area (Å²) in [6.45, 7) is 0.761. The fraction of sp³-hybridized carbons (Fsp3) is 0.292. The molecule has 0 N–H and O–H groups in total. The van der Waals surface area contributed by atoms with E-state index >= 15 is 0 Å². The van der Waals surface area contributed by atoms with Crippen molar-refractivity contribution < 1.29 is 23.9 Å². The molecule has 1 aromatic heterocycles. The number of non-ortho nitro benzene ring substituents is 1. The molecule has 1 atom stereocenters. The fourth-order valence-corrected chi connectivity index (χ4v) is 4.71. The van der Waals surface area contributed by atoms with Gasteiger partial charge in [-0.25, -0.2) is 0 Å². The Labute approximate surface area is 195 Å². The van der Waals surface area contributed by atoms with Gasteiger partial charge in [0.25, 0.3) is 5.69 Å². The minimum atomic E-state index is -0.453. The normalized spacial score (nSPS) is 15.0. The number of rotatable bonds is 8. The number of hydrogen-bond donors (Lipinski definition) is 0. The molecule has 1 amide bonds. The highest BCUT2D eigenvalue weighted by Gasteiger charge is 2.33. The Hall–Kier alpha value is -3.59. The first kappa shape index (κ1) is 22.6. The van der Waals surface area contributed by atoms with E-state index in [-0.39, 0.29) is 24.2 Å². The first-order valence-corrected chi connectivity index (χ1v) is 11.3. The lowest BCUT2D eigenvalue weighted by molar-refractivity contribution is -0.384. The second-order valence-corrected chi connectivity index (χ2v) is 8.61. The number of thiophene rings is 1. The zero-order valence-corrected chi connectivity index (χ0v) is 19.2. The van der Waals surface area contributed by atoms with Crippen molar-refractivity contribution in [2.24, 2.45) is 0 Å². The zero-order chi connectivity index (χ0) is 23.4. The number of methoxy groups -OCH3 is 2. The number of nitro benzene ring substituents is 1. The molecule has 3 aromatic rings. The van der Waals surface area contributed by atoms with Crippen LogP contribution in [0, 0.1) is 10.1 Å². The van der Waals surface area contributed by atoms with Gasteiger partial charge in [-0.15, -0.1) is 11.3 Å². The molecule has 1 aliphatic rings. The molecule has 0 radical (unpaired) electrons. The number of nitro groups is 1. The number of amides is 1. The molecular weight excluding hydrogens is 444 g/mol. The largest absolute Gasteiger partial charge is 0.493 e. The van der Waals surface area contributed by atoms with Gasteiger partial charge in [0.1, 0.15) is 12.4 Å².